The van der Waals surface area contributed by atoms with Crippen LogP contribution in [-0.4, -0.2) is 35.4 Å². The lowest BCUT2D eigenvalue weighted by molar-refractivity contribution is 0.411. The van der Waals surface area contributed by atoms with Gasteiger partial charge in [-0.05, 0) is 37.5 Å². The maximum absolute atomic E-state index is 5.73. The van der Waals surface area contributed by atoms with Crippen molar-refractivity contribution in [2.75, 3.05) is 30.3 Å². The second kappa shape index (κ2) is 5.45. The molecule has 1 saturated heterocycles. The van der Waals surface area contributed by atoms with E-state index >= 15 is 0 Å². The first-order valence-corrected chi connectivity index (χ1v) is 7.90. The molecule has 2 aliphatic rings. The number of nitrogens with two attached hydrogens (primary N) is 1. The molecular formula is C13H20N4S. The van der Waals surface area contributed by atoms with Crippen LogP contribution in [0.15, 0.2) is 6.20 Å². The third-order valence-corrected chi connectivity index (χ3v) is 4.92. The predicted molar refractivity (Wildman–Crippen MR) is 75.9 cm³/mol. The van der Waals surface area contributed by atoms with Gasteiger partial charge in [0.15, 0.2) is 0 Å². The van der Waals surface area contributed by atoms with Gasteiger partial charge in [0.05, 0.1) is 5.69 Å². The van der Waals surface area contributed by atoms with E-state index in [1.165, 1.54) is 29.9 Å². The minimum absolute atomic E-state index is 0.690. The highest BCUT2D eigenvalue weighted by Gasteiger charge is 2.21. The molecule has 1 aromatic heterocycles. The highest BCUT2D eigenvalue weighted by molar-refractivity contribution is 7.98. The number of fused-ring (bicyclic) bond motifs is 1. The maximum atomic E-state index is 5.73. The summed E-state index contributed by atoms with van der Waals surface area (Å²) in [6, 6.07) is 0. The number of thioether (sulfide) groups is 1. The average Bonchev–Trinajstić information content (AvgIpc) is 2.47. The Hall–Kier alpha value is -0.810. The van der Waals surface area contributed by atoms with Gasteiger partial charge >= 0.3 is 0 Å². The van der Waals surface area contributed by atoms with E-state index in [2.05, 4.69) is 9.88 Å². The number of hydrogen-bond donors (Lipinski definition) is 1. The molecule has 0 unspecified atom stereocenters. The maximum Gasteiger partial charge on any atom is 0.225 e. The van der Waals surface area contributed by atoms with Crippen molar-refractivity contribution >= 4 is 17.7 Å². The van der Waals surface area contributed by atoms with Crippen LogP contribution in [-0.2, 0) is 12.2 Å². The first-order chi connectivity index (χ1) is 8.86. The summed E-state index contributed by atoms with van der Waals surface area (Å²) in [5, 5.41) is 0. The van der Waals surface area contributed by atoms with Gasteiger partial charge in [0.2, 0.25) is 5.95 Å². The van der Waals surface area contributed by atoms with E-state index in [9.17, 15) is 0 Å². The number of hydrogen-bond acceptors (Lipinski definition) is 5. The van der Waals surface area contributed by atoms with Crippen LogP contribution in [0.25, 0.3) is 0 Å². The topological polar surface area (TPSA) is 55.0 Å². The Kier molecular flexibility index (Phi) is 3.70. The molecule has 98 valence electrons. The lowest BCUT2D eigenvalue weighted by Crippen LogP contribution is -2.37. The Morgan fingerprint density at radius 3 is 3.00 bits per heavy atom. The third kappa shape index (κ3) is 2.47. The van der Waals surface area contributed by atoms with Crippen molar-refractivity contribution in [1.82, 2.24) is 9.97 Å². The van der Waals surface area contributed by atoms with Gasteiger partial charge in [0.25, 0.3) is 0 Å². The van der Waals surface area contributed by atoms with Crippen LogP contribution < -0.4 is 10.6 Å². The molecule has 1 aromatic rings. The van der Waals surface area contributed by atoms with Gasteiger partial charge < -0.3 is 10.6 Å². The fourth-order valence-corrected chi connectivity index (χ4v) is 3.58. The number of nitrogens with zero attached hydrogens (tertiary/aromatic N) is 3. The Bertz CT molecular complexity index is 415. The van der Waals surface area contributed by atoms with Gasteiger partial charge in [-0.25, -0.2) is 9.97 Å². The average molecular weight is 264 g/mol. The van der Waals surface area contributed by atoms with E-state index in [4.69, 9.17) is 10.7 Å². The Balaban J connectivity index is 1.73. The van der Waals surface area contributed by atoms with Crippen LogP contribution in [0, 0.1) is 5.92 Å². The standard InChI is InChI=1S/C13H20N4S/c14-7-10-1-4-17(5-2-10)13-15-8-11-9-18-6-3-12(11)16-13/h8,10H,1-7,9,14H2. The number of aromatic nitrogens is 2. The molecule has 0 spiro atoms. The van der Waals surface area contributed by atoms with Gasteiger partial charge in [-0.15, -0.1) is 0 Å². The van der Waals surface area contributed by atoms with Crippen molar-refractivity contribution in [2.45, 2.75) is 25.0 Å². The molecule has 4 nitrogen and oxygen atoms in total. The Morgan fingerprint density at radius 2 is 2.22 bits per heavy atom. The molecule has 0 radical (unpaired) electrons. The molecule has 0 aliphatic carbocycles. The van der Waals surface area contributed by atoms with E-state index in [0.717, 1.165) is 37.8 Å². The summed E-state index contributed by atoms with van der Waals surface area (Å²) in [5.74, 6) is 3.88. The van der Waals surface area contributed by atoms with Gasteiger partial charge in [0.1, 0.15) is 0 Å². The normalized spacial score (nSPS) is 20.8. The summed E-state index contributed by atoms with van der Waals surface area (Å²) in [6.07, 6.45) is 5.47. The van der Waals surface area contributed by atoms with E-state index in [1.807, 2.05) is 18.0 Å². The number of aryl methyl sites for hydroxylation is 1. The van der Waals surface area contributed by atoms with Crippen LogP contribution in [0.5, 0.6) is 0 Å². The molecule has 2 aliphatic heterocycles. The number of anilines is 1. The quantitative estimate of drug-likeness (QED) is 0.876. The number of rotatable bonds is 2. The van der Waals surface area contributed by atoms with Crippen molar-refractivity contribution in [3.8, 4) is 0 Å². The van der Waals surface area contributed by atoms with Crippen LogP contribution in [0.2, 0.25) is 0 Å². The lowest BCUT2D eigenvalue weighted by Gasteiger charge is -2.31. The minimum Gasteiger partial charge on any atom is -0.341 e. The number of piperidine rings is 1. The van der Waals surface area contributed by atoms with E-state index in [-0.39, 0.29) is 0 Å². The molecule has 0 amide bonds. The van der Waals surface area contributed by atoms with Gasteiger partial charge in [-0.1, -0.05) is 0 Å². The van der Waals surface area contributed by atoms with Crippen molar-refractivity contribution in [1.29, 1.82) is 0 Å². The smallest absolute Gasteiger partial charge is 0.225 e. The highest BCUT2D eigenvalue weighted by atomic mass is 32.2. The van der Waals surface area contributed by atoms with Crippen LogP contribution in [0.3, 0.4) is 0 Å². The fourth-order valence-electron chi connectivity index (χ4n) is 2.64. The highest BCUT2D eigenvalue weighted by Crippen LogP contribution is 2.25. The molecule has 3 heterocycles. The van der Waals surface area contributed by atoms with Crippen molar-refractivity contribution in [3.63, 3.8) is 0 Å². The fraction of sp³-hybridized carbons (Fsp3) is 0.692. The molecule has 1 fully saturated rings. The Labute approximate surface area is 112 Å². The van der Waals surface area contributed by atoms with Crippen molar-refractivity contribution in [3.05, 3.63) is 17.5 Å². The monoisotopic (exact) mass is 264 g/mol. The lowest BCUT2D eigenvalue weighted by atomic mass is 9.97. The summed E-state index contributed by atoms with van der Waals surface area (Å²) in [6.45, 7) is 2.92. The largest absolute Gasteiger partial charge is 0.341 e. The van der Waals surface area contributed by atoms with Crippen LogP contribution >= 0.6 is 11.8 Å². The van der Waals surface area contributed by atoms with Gasteiger partial charge in [-0.3, -0.25) is 0 Å². The molecule has 0 atom stereocenters. The SMILES string of the molecule is NCC1CCN(c2ncc3c(n2)CCSC3)CC1. The van der Waals surface area contributed by atoms with E-state index in [1.54, 1.807) is 0 Å². The zero-order valence-corrected chi connectivity index (χ0v) is 11.5. The van der Waals surface area contributed by atoms with Crippen LogP contribution in [0.1, 0.15) is 24.1 Å². The van der Waals surface area contributed by atoms with Crippen molar-refractivity contribution in [2.24, 2.45) is 11.7 Å². The van der Waals surface area contributed by atoms with E-state index < -0.39 is 0 Å². The molecule has 2 N–H and O–H groups in total. The summed E-state index contributed by atoms with van der Waals surface area (Å²) in [7, 11) is 0. The molecular weight excluding hydrogens is 244 g/mol. The van der Waals surface area contributed by atoms with Crippen molar-refractivity contribution < 1.29 is 0 Å². The molecule has 3 rings (SSSR count). The molecule has 0 saturated carbocycles. The molecule has 18 heavy (non-hydrogen) atoms. The second-order valence-corrected chi connectivity index (χ2v) is 6.22. The summed E-state index contributed by atoms with van der Waals surface area (Å²) >= 11 is 1.97. The van der Waals surface area contributed by atoms with Gasteiger partial charge in [0, 0.05) is 30.6 Å². The zero-order chi connectivity index (χ0) is 12.4. The first kappa shape index (κ1) is 12.2. The predicted octanol–water partition coefficient (Wildman–Crippen LogP) is 1.44. The summed E-state index contributed by atoms with van der Waals surface area (Å²) in [5.41, 5.74) is 8.32. The molecule has 0 aromatic carbocycles. The first-order valence-electron chi connectivity index (χ1n) is 6.74. The summed E-state index contributed by atoms with van der Waals surface area (Å²) < 4.78 is 0. The third-order valence-electron chi connectivity index (χ3n) is 3.91. The second-order valence-electron chi connectivity index (χ2n) is 5.11. The Morgan fingerprint density at radius 1 is 1.39 bits per heavy atom. The van der Waals surface area contributed by atoms with E-state index in [0.29, 0.717) is 5.92 Å². The zero-order valence-electron chi connectivity index (χ0n) is 10.6. The van der Waals surface area contributed by atoms with Gasteiger partial charge in [-0.2, -0.15) is 11.8 Å². The molecule has 0 bridgehead atoms. The minimum atomic E-state index is 0.690. The summed E-state index contributed by atoms with van der Waals surface area (Å²) in [4.78, 5) is 11.6. The molecule has 5 heteroatoms. The van der Waals surface area contributed by atoms with Crippen LogP contribution in [0.4, 0.5) is 5.95 Å².